The number of carbonyl (C=O) groups is 2. The van der Waals surface area contributed by atoms with Crippen molar-refractivity contribution in [1.82, 2.24) is 5.32 Å². The molecule has 2 atom stereocenters. The molecular weight excluding hydrogens is 322 g/mol. The Bertz CT molecular complexity index is 733. The van der Waals surface area contributed by atoms with E-state index in [1.54, 1.807) is 20.8 Å². The van der Waals surface area contributed by atoms with Crippen molar-refractivity contribution in [1.29, 1.82) is 0 Å². The number of ether oxygens (including phenoxy) is 1. The zero-order chi connectivity index (χ0) is 17.4. The number of hydrogen-bond acceptors (Lipinski definition) is 6. The third kappa shape index (κ3) is 3.93. The standard InChI is InChI=1S/C15H21NO6S/c1-8-9(2)21-10(3)13(8)15(18)22-11(4)14(17)16-12-5-6-23(19,20)7-12/h11-12H,5-7H2,1-4H3,(H,16,17)/t11-,12+/m0/s1. The van der Waals surface area contributed by atoms with E-state index in [9.17, 15) is 18.0 Å². The van der Waals surface area contributed by atoms with E-state index in [1.807, 2.05) is 0 Å². The minimum Gasteiger partial charge on any atom is -0.465 e. The lowest BCUT2D eigenvalue weighted by Gasteiger charge is -2.16. The van der Waals surface area contributed by atoms with Crippen LogP contribution in [0.3, 0.4) is 0 Å². The summed E-state index contributed by atoms with van der Waals surface area (Å²) in [6.07, 6.45) is -0.631. The van der Waals surface area contributed by atoms with Crippen LogP contribution >= 0.6 is 0 Å². The van der Waals surface area contributed by atoms with Crippen LogP contribution in [0.1, 0.15) is 40.8 Å². The Morgan fingerprint density at radius 2 is 1.91 bits per heavy atom. The zero-order valence-electron chi connectivity index (χ0n) is 13.6. The van der Waals surface area contributed by atoms with Crippen molar-refractivity contribution in [3.8, 4) is 0 Å². The molecule has 0 radical (unpaired) electrons. The number of hydrogen-bond donors (Lipinski definition) is 1. The van der Waals surface area contributed by atoms with Gasteiger partial charge in [-0.15, -0.1) is 0 Å². The molecular formula is C15H21NO6S. The monoisotopic (exact) mass is 343 g/mol. The first-order valence-electron chi connectivity index (χ1n) is 7.39. The van der Waals surface area contributed by atoms with Crippen LogP contribution in [-0.2, 0) is 19.4 Å². The van der Waals surface area contributed by atoms with Gasteiger partial charge in [0.2, 0.25) is 0 Å². The van der Waals surface area contributed by atoms with Crippen molar-refractivity contribution >= 4 is 21.7 Å². The van der Waals surface area contributed by atoms with Crippen LogP contribution in [0, 0.1) is 20.8 Å². The topological polar surface area (TPSA) is 103 Å². The molecule has 2 heterocycles. The van der Waals surface area contributed by atoms with Crippen LogP contribution < -0.4 is 5.32 Å². The van der Waals surface area contributed by atoms with E-state index in [2.05, 4.69) is 5.32 Å². The first kappa shape index (κ1) is 17.5. The highest BCUT2D eigenvalue weighted by atomic mass is 32.2. The van der Waals surface area contributed by atoms with E-state index in [1.165, 1.54) is 6.92 Å². The molecule has 0 aliphatic carbocycles. The molecule has 0 aromatic carbocycles. The summed E-state index contributed by atoms with van der Waals surface area (Å²) < 4.78 is 33.3. The highest BCUT2D eigenvalue weighted by Crippen LogP contribution is 2.22. The smallest absolute Gasteiger partial charge is 0.342 e. The van der Waals surface area contributed by atoms with Crippen molar-refractivity contribution < 1.29 is 27.2 Å². The lowest BCUT2D eigenvalue weighted by molar-refractivity contribution is -0.129. The normalized spacial score (nSPS) is 21.0. The maximum Gasteiger partial charge on any atom is 0.342 e. The van der Waals surface area contributed by atoms with E-state index >= 15 is 0 Å². The third-order valence-corrected chi connectivity index (χ3v) is 5.77. The molecule has 23 heavy (non-hydrogen) atoms. The van der Waals surface area contributed by atoms with Crippen LogP contribution in [0.4, 0.5) is 0 Å². The average molecular weight is 343 g/mol. The Balaban J connectivity index is 1.97. The molecule has 1 amide bonds. The summed E-state index contributed by atoms with van der Waals surface area (Å²) in [4.78, 5) is 24.2. The van der Waals surface area contributed by atoms with Crippen molar-refractivity contribution in [2.24, 2.45) is 0 Å². The number of carbonyl (C=O) groups excluding carboxylic acids is 2. The molecule has 1 N–H and O–H groups in total. The predicted octanol–water partition coefficient (Wildman–Crippen LogP) is 1.05. The fraction of sp³-hybridized carbons (Fsp3) is 0.600. The second-order valence-corrected chi connectivity index (χ2v) is 8.10. The fourth-order valence-corrected chi connectivity index (χ4v) is 4.27. The van der Waals surface area contributed by atoms with Crippen LogP contribution in [-0.4, -0.2) is 43.9 Å². The highest BCUT2D eigenvalue weighted by Gasteiger charge is 2.31. The number of esters is 1. The van der Waals surface area contributed by atoms with Gasteiger partial charge in [0, 0.05) is 11.6 Å². The van der Waals surface area contributed by atoms with Crippen LogP contribution in [0.2, 0.25) is 0 Å². The van der Waals surface area contributed by atoms with Gasteiger partial charge in [0.05, 0.1) is 11.5 Å². The summed E-state index contributed by atoms with van der Waals surface area (Å²) >= 11 is 0. The maximum absolute atomic E-state index is 12.2. The van der Waals surface area contributed by atoms with Crippen molar-refractivity contribution in [2.75, 3.05) is 11.5 Å². The Morgan fingerprint density at radius 1 is 1.26 bits per heavy atom. The number of aryl methyl sites for hydroxylation is 2. The molecule has 128 valence electrons. The van der Waals surface area contributed by atoms with Gasteiger partial charge in [-0.05, 0) is 34.1 Å². The molecule has 1 aromatic heterocycles. The molecule has 2 rings (SSSR count). The van der Waals surface area contributed by atoms with Gasteiger partial charge in [0.1, 0.15) is 17.1 Å². The number of amides is 1. The molecule has 0 unspecified atom stereocenters. The first-order valence-corrected chi connectivity index (χ1v) is 9.21. The molecule has 0 bridgehead atoms. The van der Waals surface area contributed by atoms with E-state index in [0.717, 1.165) is 0 Å². The van der Waals surface area contributed by atoms with Crippen molar-refractivity contribution in [3.05, 3.63) is 22.6 Å². The Hall–Kier alpha value is -1.83. The Morgan fingerprint density at radius 3 is 2.39 bits per heavy atom. The third-order valence-electron chi connectivity index (χ3n) is 4.00. The minimum absolute atomic E-state index is 0.0683. The lowest BCUT2D eigenvalue weighted by atomic mass is 10.1. The van der Waals surface area contributed by atoms with E-state index < -0.39 is 33.9 Å². The van der Waals surface area contributed by atoms with Crippen molar-refractivity contribution in [2.45, 2.75) is 46.3 Å². The van der Waals surface area contributed by atoms with E-state index in [4.69, 9.17) is 9.15 Å². The average Bonchev–Trinajstić information content (AvgIpc) is 2.89. The lowest BCUT2D eigenvalue weighted by Crippen LogP contribution is -2.42. The van der Waals surface area contributed by atoms with Crippen LogP contribution in [0.25, 0.3) is 0 Å². The largest absolute Gasteiger partial charge is 0.465 e. The molecule has 1 aliphatic rings. The SMILES string of the molecule is Cc1oc(C)c(C(=O)O[C@@H](C)C(=O)N[C@@H]2CCS(=O)(=O)C2)c1C. The van der Waals surface area contributed by atoms with E-state index in [-0.39, 0.29) is 11.5 Å². The van der Waals surface area contributed by atoms with Gasteiger partial charge in [0.15, 0.2) is 15.9 Å². The molecule has 1 fully saturated rings. The summed E-state index contributed by atoms with van der Waals surface area (Å²) in [6.45, 7) is 6.60. The Kier molecular flexibility index (Phi) is 4.84. The predicted molar refractivity (Wildman–Crippen MR) is 83.0 cm³/mol. The molecule has 0 saturated carbocycles. The second kappa shape index (κ2) is 6.35. The summed E-state index contributed by atoms with van der Waals surface area (Å²) in [6, 6.07) is -0.423. The van der Waals surface area contributed by atoms with Gasteiger partial charge in [0.25, 0.3) is 5.91 Å². The van der Waals surface area contributed by atoms with Crippen molar-refractivity contribution in [3.63, 3.8) is 0 Å². The number of rotatable bonds is 4. The van der Waals surface area contributed by atoms with Gasteiger partial charge < -0.3 is 14.5 Å². The highest BCUT2D eigenvalue weighted by molar-refractivity contribution is 7.91. The summed E-state index contributed by atoms with van der Waals surface area (Å²) in [7, 11) is -3.08. The second-order valence-electron chi connectivity index (χ2n) is 5.87. The van der Waals surface area contributed by atoms with Gasteiger partial charge in [-0.2, -0.15) is 0 Å². The number of furan rings is 1. The quantitative estimate of drug-likeness (QED) is 0.820. The molecule has 1 saturated heterocycles. The summed E-state index contributed by atoms with van der Waals surface area (Å²) in [5.41, 5.74) is 1.01. The Labute approximate surface area is 135 Å². The van der Waals surface area contributed by atoms with Gasteiger partial charge in [-0.3, -0.25) is 4.79 Å². The van der Waals surface area contributed by atoms with Crippen LogP contribution in [0.5, 0.6) is 0 Å². The van der Waals surface area contributed by atoms with Gasteiger partial charge in [-0.25, -0.2) is 13.2 Å². The summed E-state index contributed by atoms with van der Waals surface area (Å²) in [5, 5.41) is 2.61. The molecule has 8 heteroatoms. The van der Waals surface area contributed by atoms with E-state index in [0.29, 0.717) is 29.1 Å². The molecule has 1 aromatic rings. The first-order chi connectivity index (χ1) is 10.6. The number of nitrogens with one attached hydrogen (secondary N) is 1. The summed E-state index contributed by atoms with van der Waals surface area (Å²) in [5.74, 6) is -0.0612. The van der Waals surface area contributed by atoms with Gasteiger partial charge >= 0.3 is 5.97 Å². The number of sulfone groups is 1. The zero-order valence-corrected chi connectivity index (χ0v) is 14.5. The van der Waals surface area contributed by atoms with Crippen LogP contribution in [0.15, 0.2) is 4.42 Å². The molecule has 0 spiro atoms. The fourth-order valence-electron chi connectivity index (χ4n) is 2.59. The molecule has 7 nitrogen and oxygen atoms in total. The minimum atomic E-state index is -3.08. The maximum atomic E-state index is 12.2. The molecule has 1 aliphatic heterocycles. The van der Waals surface area contributed by atoms with Gasteiger partial charge in [-0.1, -0.05) is 0 Å².